The number of alkyl carbamates (subject to hydrolysis) is 1. The third-order valence-electron chi connectivity index (χ3n) is 3.32. The zero-order valence-electron chi connectivity index (χ0n) is 14.2. The lowest BCUT2D eigenvalue weighted by atomic mass is 9.99. The molecule has 0 aromatic heterocycles. The molecule has 0 bridgehead atoms. The topological polar surface area (TPSA) is 113 Å². The van der Waals surface area contributed by atoms with Crippen molar-refractivity contribution in [3.05, 3.63) is 0 Å². The lowest BCUT2D eigenvalue weighted by molar-refractivity contribution is -0.144. The van der Waals surface area contributed by atoms with Crippen molar-refractivity contribution in [1.82, 2.24) is 9.62 Å². The summed E-state index contributed by atoms with van der Waals surface area (Å²) in [5.41, 5.74) is -2.43. The number of nitrogens with zero attached hydrogens (tertiary/aromatic N) is 1. The lowest BCUT2D eigenvalue weighted by Gasteiger charge is -2.28. The van der Waals surface area contributed by atoms with Gasteiger partial charge in [-0.3, -0.25) is 0 Å². The van der Waals surface area contributed by atoms with E-state index in [0.717, 1.165) is 4.31 Å². The highest BCUT2D eigenvalue weighted by Gasteiger charge is 2.50. The fraction of sp³-hybridized carbons (Fsp3) is 0.857. The molecule has 1 aliphatic heterocycles. The average Bonchev–Trinajstić information content (AvgIpc) is 2.70. The molecule has 1 fully saturated rings. The number of carbonyl (C=O) groups excluding carboxylic acids is 1. The maximum absolute atomic E-state index is 12.3. The second kappa shape index (κ2) is 6.64. The van der Waals surface area contributed by atoms with Crippen LogP contribution in [0.2, 0.25) is 0 Å². The van der Waals surface area contributed by atoms with Gasteiger partial charge in [0.15, 0.2) is 5.54 Å². The number of amides is 1. The van der Waals surface area contributed by atoms with Crippen molar-refractivity contribution < 1.29 is 27.9 Å². The van der Waals surface area contributed by atoms with Crippen LogP contribution >= 0.6 is 0 Å². The fourth-order valence-corrected chi connectivity index (χ4v) is 4.21. The quantitative estimate of drug-likeness (QED) is 0.765. The number of carboxylic acid groups (broad SMARTS) is 1. The van der Waals surface area contributed by atoms with Crippen LogP contribution in [0, 0.1) is 5.92 Å². The molecule has 9 heteroatoms. The van der Waals surface area contributed by atoms with E-state index in [1.807, 2.05) is 0 Å². The first-order valence-corrected chi connectivity index (χ1v) is 9.11. The maximum Gasteiger partial charge on any atom is 0.408 e. The van der Waals surface area contributed by atoms with E-state index in [9.17, 15) is 23.1 Å². The summed E-state index contributed by atoms with van der Waals surface area (Å²) in [6, 6.07) is 0. The van der Waals surface area contributed by atoms with Crippen LogP contribution in [0.15, 0.2) is 0 Å². The molecule has 1 aliphatic rings. The zero-order valence-corrected chi connectivity index (χ0v) is 15.1. The Morgan fingerprint density at radius 1 is 1.35 bits per heavy atom. The summed E-state index contributed by atoms with van der Waals surface area (Å²) in [4.78, 5) is 23.5. The Hall–Kier alpha value is -1.35. The van der Waals surface area contributed by atoms with Crippen LogP contribution in [-0.2, 0) is 19.6 Å². The molecular formula is C14H26N2O6S. The second-order valence-corrected chi connectivity index (χ2v) is 9.28. The highest BCUT2D eigenvalue weighted by molar-refractivity contribution is 7.89. The third kappa shape index (κ3) is 5.35. The van der Waals surface area contributed by atoms with Gasteiger partial charge in [0.25, 0.3) is 0 Å². The Balaban J connectivity index is 2.90. The van der Waals surface area contributed by atoms with Crippen molar-refractivity contribution >= 4 is 22.1 Å². The van der Waals surface area contributed by atoms with Crippen LogP contribution in [0.3, 0.4) is 0 Å². The summed E-state index contributed by atoms with van der Waals surface area (Å²) in [5, 5.41) is 11.8. The van der Waals surface area contributed by atoms with Crippen molar-refractivity contribution in [1.29, 1.82) is 0 Å². The minimum Gasteiger partial charge on any atom is -0.479 e. The maximum atomic E-state index is 12.3. The van der Waals surface area contributed by atoms with E-state index >= 15 is 0 Å². The predicted octanol–water partition coefficient (Wildman–Crippen LogP) is 1.03. The summed E-state index contributed by atoms with van der Waals surface area (Å²) >= 11 is 0. The monoisotopic (exact) mass is 350 g/mol. The Morgan fingerprint density at radius 2 is 1.91 bits per heavy atom. The van der Waals surface area contributed by atoms with Gasteiger partial charge in [-0.2, -0.15) is 4.31 Å². The number of rotatable bonds is 5. The molecule has 134 valence electrons. The van der Waals surface area contributed by atoms with Gasteiger partial charge >= 0.3 is 12.1 Å². The predicted molar refractivity (Wildman–Crippen MR) is 84.6 cm³/mol. The van der Waals surface area contributed by atoms with Crippen molar-refractivity contribution in [3.63, 3.8) is 0 Å². The van der Waals surface area contributed by atoms with E-state index in [1.54, 1.807) is 34.6 Å². The van der Waals surface area contributed by atoms with Crippen LogP contribution in [-0.4, -0.2) is 59.9 Å². The molecule has 0 spiro atoms. The van der Waals surface area contributed by atoms with Gasteiger partial charge in [-0.25, -0.2) is 18.0 Å². The standard InChI is InChI=1S/C14H26N2O6S/c1-10(2)8-23(20,21)16-7-6-14(9-16,11(17)18)15-12(19)22-13(3,4)5/h10H,6-9H2,1-5H3,(H,15,19)(H,17,18). The van der Waals surface area contributed by atoms with E-state index < -0.39 is 33.2 Å². The van der Waals surface area contributed by atoms with E-state index in [-0.39, 0.29) is 31.2 Å². The first-order valence-electron chi connectivity index (χ1n) is 7.50. The van der Waals surface area contributed by atoms with Gasteiger partial charge in [-0.15, -0.1) is 0 Å². The molecule has 0 aromatic carbocycles. The molecule has 1 saturated heterocycles. The average molecular weight is 350 g/mol. The number of hydrogen-bond donors (Lipinski definition) is 2. The molecular weight excluding hydrogens is 324 g/mol. The minimum atomic E-state index is -3.56. The normalized spacial score (nSPS) is 23.0. The largest absolute Gasteiger partial charge is 0.479 e. The number of ether oxygens (including phenoxy) is 1. The molecule has 0 saturated carbocycles. The number of sulfonamides is 1. The van der Waals surface area contributed by atoms with Crippen LogP contribution in [0.5, 0.6) is 0 Å². The molecule has 0 aliphatic carbocycles. The van der Waals surface area contributed by atoms with Gasteiger partial charge < -0.3 is 15.2 Å². The summed E-state index contributed by atoms with van der Waals surface area (Å²) in [5.74, 6) is -1.40. The lowest BCUT2D eigenvalue weighted by Crippen LogP contribution is -2.57. The summed E-state index contributed by atoms with van der Waals surface area (Å²) in [7, 11) is -3.56. The van der Waals surface area contributed by atoms with Gasteiger partial charge in [0, 0.05) is 13.1 Å². The van der Waals surface area contributed by atoms with Gasteiger partial charge in [-0.1, -0.05) is 13.8 Å². The van der Waals surface area contributed by atoms with Gasteiger partial charge in [0.2, 0.25) is 10.0 Å². The minimum absolute atomic E-state index is 0.00109. The summed E-state index contributed by atoms with van der Waals surface area (Å²) < 4.78 is 30.7. The summed E-state index contributed by atoms with van der Waals surface area (Å²) in [6.45, 7) is 8.29. The van der Waals surface area contributed by atoms with E-state index in [4.69, 9.17) is 4.74 Å². The van der Waals surface area contributed by atoms with E-state index in [0.29, 0.717) is 0 Å². The van der Waals surface area contributed by atoms with Crippen molar-refractivity contribution in [3.8, 4) is 0 Å². The Morgan fingerprint density at radius 3 is 2.35 bits per heavy atom. The molecule has 1 amide bonds. The first-order chi connectivity index (χ1) is 10.3. The molecule has 23 heavy (non-hydrogen) atoms. The van der Waals surface area contributed by atoms with Gasteiger partial charge in [0.05, 0.1) is 5.75 Å². The van der Waals surface area contributed by atoms with Crippen LogP contribution < -0.4 is 5.32 Å². The number of hydrogen-bond acceptors (Lipinski definition) is 5. The Kier molecular flexibility index (Phi) is 5.69. The zero-order chi connectivity index (χ0) is 18.1. The molecule has 0 radical (unpaired) electrons. The van der Waals surface area contributed by atoms with Crippen molar-refractivity contribution in [2.24, 2.45) is 5.92 Å². The first kappa shape index (κ1) is 19.7. The molecule has 1 heterocycles. The Labute approximate surface area is 137 Å². The molecule has 2 N–H and O–H groups in total. The van der Waals surface area contributed by atoms with Crippen molar-refractivity contribution in [2.75, 3.05) is 18.8 Å². The van der Waals surface area contributed by atoms with Crippen molar-refractivity contribution in [2.45, 2.75) is 52.2 Å². The molecule has 0 aromatic rings. The van der Waals surface area contributed by atoms with Gasteiger partial charge in [-0.05, 0) is 33.1 Å². The SMILES string of the molecule is CC(C)CS(=O)(=O)N1CCC(NC(=O)OC(C)(C)C)(C(=O)O)C1. The fourth-order valence-electron chi connectivity index (χ4n) is 2.37. The third-order valence-corrected chi connectivity index (χ3v) is 5.51. The molecule has 8 nitrogen and oxygen atoms in total. The van der Waals surface area contributed by atoms with E-state index in [2.05, 4.69) is 5.32 Å². The molecule has 1 rings (SSSR count). The van der Waals surface area contributed by atoms with Crippen LogP contribution in [0.4, 0.5) is 4.79 Å². The number of nitrogens with one attached hydrogen (secondary N) is 1. The Bertz CT molecular complexity index is 566. The molecule has 1 atom stereocenters. The number of carbonyl (C=O) groups is 2. The summed E-state index contributed by atoms with van der Waals surface area (Å²) in [6.07, 6.45) is -0.873. The van der Waals surface area contributed by atoms with Gasteiger partial charge in [0.1, 0.15) is 5.60 Å². The highest BCUT2D eigenvalue weighted by atomic mass is 32.2. The van der Waals surface area contributed by atoms with Crippen LogP contribution in [0.1, 0.15) is 41.0 Å². The highest BCUT2D eigenvalue weighted by Crippen LogP contribution is 2.26. The smallest absolute Gasteiger partial charge is 0.408 e. The van der Waals surface area contributed by atoms with E-state index in [1.165, 1.54) is 0 Å². The number of carboxylic acids is 1. The van der Waals surface area contributed by atoms with Crippen LogP contribution in [0.25, 0.3) is 0 Å². The number of aliphatic carboxylic acids is 1. The molecule has 1 unspecified atom stereocenters. The second-order valence-electron chi connectivity index (χ2n) is 7.27.